The molecule has 19 N–H and O–H groups in total. The van der Waals surface area contributed by atoms with Crippen molar-refractivity contribution in [3.63, 3.8) is 0 Å². The lowest BCUT2D eigenvalue weighted by Gasteiger charge is -2.29. The van der Waals surface area contributed by atoms with Crippen molar-refractivity contribution in [3.05, 3.63) is 35.9 Å². The van der Waals surface area contributed by atoms with E-state index >= 15 is 0 Å². The number of aliphatic hydroxyl groups is 2. The van der Waals surface area contributed by atoms with Crippen molar-refractivity contribution in [2.75, 3.05) is 39.4 Å². The first kappa shape index (κ1) is 69.3. The van der Waals surface area contributed by atoms with Crippen LogP contribution in [0.25, 0.3) is 0 Å². The number of nitrogens with zero attached hydrogens (tertiary/aromatic N) is 1. The maximum Gasteiger partial charge on any atom is 0.326 e. The van der Waals surface area contributed by atoms with Crippen molar-refractivity contribution >= 4 is 76.9 Å². The predicted molar refractivity (Wildman–Crippen MR) is 287 cm³/mol. The van der Waals surface area contributed by atoms with Gasteiger partial charge < -0.3 is 90.4 Å². The van der Waals surface area contributed by atoms with Crippen LogP contribution in [0, 0.1) is 11.8 Å². The smallest absolute Gasteiger partial charge is 0.326 e. The van der Waals surface area contributed by atoms with Crippen LogP contribution in [-0.4, -0.2) is 196 Å². The van der Waals surface area contributed by atoms with Crippen LogP contribution in [0.2, 0.25) is 0 Å². The number of carboxylic acids is 2. The van der Waals surface area contributed by atoms with Crippen LogP contribution in [0.3, 0.4) is 0 Å². The summed E-state index contributed by atoms with van der Waals surface area (Å²) in [4.78, 5) is 171. The number of amides is 11. The molecule has 11 amide bonds. The molecule has 1 heterocycles. The molecule has 0 spiro atoms. The van der Waals surface area contributed by atoms with Crippen molar-refractivity contribution in [2.24, 2.45) is 29.0 Å². The number of hydrogen-bond donors (Lipinski definition) is 16. The van der Waals surface area contributed by atoms with Crippen LogP contribution >= 0.6 is 0 Å². The van der Waals surface area contributed by atoms with E-state index in [9.17, 15) is 82.8 Å². The Kier molecular flexibility index (Phi) is 30.5. The molecule has 452 valence electrons. The van der Waals surface area contributed by atoms with Crippen LogP contribution < -0.4 is 65.1 Å². The molecule has 30 heteroatoms. The Morgan fingerprint density at radius 2 is 1.10 bits per heavy atom. The van der Waals surface area contributed by atoms with Crippen molar-refractivity contribution < 1.29 is 82.8 Å². The summed E-state index contributed by atoms with van der Waals surface area (Å²) < 4.78 is 0. The Morgan fingerprint density at radius 3 is 1.60 bits per heavy atom. The minimum Gasteiger partial charge on any atom is -0.481 e. The summed E-state index contributed by atoms with van der Waals surface area (Å²) in [5.41, 5.74) is 16.9. The molecule has 81 heavy (non-hydrogen) atoms. The summed E-state index contributed by atoms with van der Waals surface area (Å²) in [7, 11) is 0. The highest BCUT2D eigenvalue weighted by molar-refractivity contribution is 5.99. The van der Waals surface area contributed by atoms with E-state index in [4.69, 9.17) is 17.2 Å². The summed E-state index contributed by atoms with van der Waals surface area (Å²) in [5.74, 6) is -13.9. The second-order valence-electron chi connectivity index (χ2n) is 20.3. The molecule has 2 rings (SSSR count). The number of rotatable bonds is 37. The number of aliphatic carboxylic acids is 2. The number of carboxylic acid groups (broad SMARTS) is 2. The van der Waals surface area contributed by atoms with Gasteiger partial charge in [0.2, 0.25) is 65.0 Å². The minimum absolute atomic E-state index is 0.0462. The van der Waals surface area contributed by atoms with Crippen molar-refractivity contribution in [3.8, 4) is 0 Å². The molecule has 1 fully saturated rings. The third-order valence-electron chi connectivity index (χ3n) is 12.6. The number of carbonyl (C=O) groups is 13. The van der Waals surface area contributed by atoms with Gasteiger partial charge in [-0.1, -0.05) is 58.0 Å². The van der Waals surface area contributed by atoms with Gasteiger partial charge in [-0.3, -0.25) is 57.5 Å². The lowest BCUT2D eigenvalue weighted by atomic mass is 9.99. The normalized spacial score (nSPS) is 15.9. The number of likely N-dealkylation sites (tertiary alicyclic amines) is 1. The van der Waals surface area contributed by atoms with Crippen LogP contribution in [0.4, 0.5) is 0 Å². The zero-order valence-corrected chi connectivity index (χ0v) is 46.0. The average Bonchev–Trinajstić information content (AvgIpc) is 3.91. The van der Waals surface area contributed by atoms with E-state index in [1.165, 1.54) is 0 Å². The number of hydrogen-bond acceptors (Lipinski definition) is 17. The summed E-state index contributed by atoms with van der Waals surface area (Å²) in [6.45, 7) is 3.99. The molecule has 30 nitrogen and oxygen atoms in total. The number of unbranched alkanes of at least 4 members (excludes halogenated alkanes) is 1. The number of carbonyl (C=O) groups excluding carboxylic acids is 11. The fourth-order valence-corrected chi connectivity index (χ4v) is 8.46. The molecule has 1 saturated heterocycles. The Hall–Kier alpha value is -7.83. The lowest BCUT2D eigenvalue weighted by molar-refractivity contribution is -0.143. The van der Waals surface area contributed by atoms with Gasteiger partial charge in [0.1, 0.15) is 54.4 Å². The van der Waals surface area contributed by atoms with Gasteiger partial charge in [-0.15, -0.1) is 0 Å². The third-order valence-corrected chi connectivity index (χ3v) is 12.6. The van der Waals surface area contributed by atoms with Crippen LogP contribution in [0.5, 0.6) is 0 Å². The summed E-state index contributed by atoms with van der Waals surface area (Å²) in [6, 6.07) is -4.90. The molecule has 1 aromatic rings. The molecule has 0 bridgehead atoms. The van der Waals surface area contributed by atoms with E-state index in [-0.39, 0.29) is 63.5 Å². The van der Waals surface area contributed by atoms with Gasteiger partial charge in [-0.2, -0.15) is 0 Å². The van der Waals surface area contributed by atoms with Crippen molar-refractivity contribution in [1.82, 2.24) is 52.8 Å². The van der Waals surface area contributed by atoms with Gasteiger partial charge in [0.15, 0.2) is 0 Å². The highest BCUT2D eigenvalue weighted by atomic mass is 16.4. The highest BCUT2D eigenvalue weighted by Crippen LogP contribution is 2.19. The first-order chi connectivity index (χ1) is 38.2. The van der Waals surface area contributed by atoms with Gasteiger partial charge >= 0.3 is 11.9 Å². The molecule has 0 aromatic heterocycles. The van der Waals surface area contributed by atoms with Gasteiger partial charge in [0, 0.05) is 19.4 Å². The zero-order valence-electron chi connectivity index (χ0n) is 46.0. The van der Waals surface area contributed by atoms with Crippen LogP contribution in [0.1, 0.15) is 97.5 Å². The van der Waals surface area contributed by atoms with Gasteiger partial charge in [-0.25, -0.2) is 4.79 Å². The average molecular weight is 1150 g/mol. The standard InChI is InChI=1S/C51H81N13O17/c1-27(2)19-32(46(75)59-33(20-28(3)4)47(76)62-35(51(80)81)21-29-11-6-5-7-12-29)60-48(77)34(22-42(70)71)61-44(73)30(13-8-9-17-52)58-45(74)31(15-16-39(54)67)56-41(69)24-55-43(72)36(25-65)63-49(78)38-14-10-18-64(38)50(79)37(26-66)57-40(68)23-53/h5-7,11-12,27-28,30-38,65-66H,8-10,13-26,52-53H2,1-4H3,(H2,54,67)(H,55,72)(H,56,69)(H,57,68)(H,58,74)(H,59,75)(H,60,77)(H,61,73)(H,62,76)(H,63,78)(H,70,71)(H,80,81)/t30-,31-,32-,33-,34-,35-,36-,37-,38-/m0/s1. The van der Waals surface area contributed by atoms with E-state index < -0.39 is 177 Å². The Morgan fingerprint density at radius 1 is 0.593 bits per heavy atom. The van der Waals surface area contributed by atoms with Gasteiger partial charge in [0.25, 0.3) is 0 Å². The fourth-order valence-electron chi connectivity index (χ4n) is 8.46. The first-order valence-corrected chi connectivity index (χ1v) is 26.6. The topological polar surface area (TPSA) is 492 Å². The second kappa shape index (κ2) is 35.7. The van der Waals surface area contributed by atoms with Crippen LogP contribution in [-0.2, 0) is 68.7 Å². The maximum atomic E-state index is 14.0. The van der Waals surface area contributed by atoms with E-state index in [2.05, 4.69) is 47.9 Å². The fraction of sp³-hybridized carbons (Fsp3) is 0.627. The van der Waals surface area contributed by atoms with E-state index in [1.807, 2.05) is 0 Å². The zero-order chi connectivity index (χ0) is 60.9. The largest absolute Gasteiger partial charge is 0.481 e. The third kappa shape index (κ3) is 25.0. The van der Waals surface area contributed by atoms with Crippen molar-refractivity contribution in [1.29, 1.82) is 0 Å². The Bertz CT molecular complexity index is 2340. The summed E-state index contributed by atoms with van der Waals surface area (Å²) >= 11 is 0. The summed E-state index contributed by atoms with van der Waals surface area (Å²) in [5, 5.41) is 60.8. The molecule has 0 radical (unpaired) electrons. The lowest BCUT2D eigenvalue weighted by Crippen LogP contribution is -2.60. The van der Waals surface area contributed by atoms with E-state index in [1.54, 1.807) is 58.0 Å². The number of aliphatic hydroxyl groups excluding tert-OH is 2. The highest BCUT2D eigenvalue weighted by Gasteiger charge is 2.40. The molecular formula is C51H81N13O17. The number of primary amides is 1. The predicted octanol–water partition coefficient (Wildman–Crippen LogP) is -5.80. The SMILES string of the molecule is CC(C)C[C@H](NC(=O)[C@H](CC(C)C)NC(=O)[C@H](CC(=O)O)NC(=O)[C@H](CCCCN)NC(=O)[C@H](CCC(N)=O)NC(=O)CNC(=O)[C@H](CO)NC(=O)[C@@H]1CCCN1C(=O)[C@H](CO)NC(=O)CN)C(=O)N[C@@H](Cc1ccccc1)C(=O)O. The van der Waals surface area contributed by atoms with E-state index in [0.29, 0.717) is 18.4 Å². The minimum atomic E-state index is -1.88. The van der Waals surface area contributed by atoms with Gasteiger partial charge in [0.05, 0.1) is 32.7 Å². The van der Waals surface area contributed by atoms with E-state index in [0.717, 1.165) is 4.90 Å². The summed E-state index contributed by atoms with van der Waals surface area (Å²) in [6.07, 6.45) is -1.26. The molecule has 0 aliphatic carbocycles. The second-order valence-corrected chi connectivity index (χ2v) is 20.3. The Labute approximate surface area is 468 Å². The van der Waals surface area contributed by atoms with Crippen molar-refractivity contribution in [2.45, 2.75) is 153 Å². The quantitative estimate of drug-likeness (QED) is 0.0276. The monoisotopic (exact) mass is 1150 g/mol. The molecule has 0 saturated carbocycles. The molecule has 9 atom stereocenters. The number of nitrogens with two attached hydrogens (primary N) is 3. The molecule has 0 unspecified atom stereocenters. The first-order valence-electron chi connectivity index (χ1n) is 26.6. The molecule has 1 aliphatic heterocycles. The molecular weight excluding hydrogens is 1070 g/mol. The molecule has 1 aliphatic rings. The maximum absolute atomic E-state index is 14.0. The number of nitrogens with one attached hydrogen (secondary N) is 9. The Balaban J connectivity index is 2.27. The number of benzene rings is 1. The molecule has 1 aromatic carbocycles. The van der Waals surface area contributed by atoms with Gasteiger partial charge in [-0.05, 0) is 75.3 Å². The van der Waals surface area contributed by atoms with Crippen LogP contribution in [0.15, 0.2) is 30.3 Å².